The standard InChI is InChI=1S/C20H24N2O5S/c1-12(18(23)22-20(21)25)26-19(24)17-15(11-28-13-7-3-2-4-8-13)14-9-5-6-10-16(14)27-17/h5-6,9-10,12-13H,2-4,7-8,11H2,1H3,(H3,21,22,23,25)/t12-/m0/s1. The van der Waals surface area contributed by atoms with Gasteiger partial charge in [-0.3, -0.25) is 10.1 Å². The van der Waals surface area contributed by atoms with E-state index in [4.69, 9.17) is 14.9 Å². The van der Waals surface area contributed by atoms with E-state index in [9.17, 15) is 14.4 Å². The van der Waals surface area contributed by atoms with Gasteiger partial charge >= 0.3 is 12.0 Å². The molecule has 0 bridgehead atoms. The Morgan fingerprint density at radius 3 is 2.68 bits per heavy atom. The average molecular weight is 404 g/mol. The van der Waals surface area contributed by atoms with Gasteiger partial charge in [0.2, 0.25) is 5.76 Å². The first kappa shape index (κ1) is 20.3. The minimum Gasteiger partial charge on any atom is -0.449 e. The van der Waals surface area contributed by atoms with Gasteiger partial charge in [-0.25, -0.2) is 9.59 Å². The molecular formula is C20H24N2O5S. The molecule has 1 fully saturated rings. The number of carbonyl (C=O) groups excluding carboxylic acids is 3. The molecule has 1 aromatic heterocycles. The number of hydrogen-bond donors (Lipinski definition) is 2. The fourth-order valence-electron chi connectivity index (χ4n) is 3.33. The summed E-state index contributed by atoms with van der Waals surface area (Å²) in [5, 5.41) is 3.34. The third-order valence-electron chi connectivity index (χ3n) is 4.80. The molecule has 1 saturated carbocycles. The molecule has 1 aliphatic rings. The van der Waals surface area contributed by atoms with Gasteiger partial charge in [-0.15, -0.1) is 0 Å². The van der Waals surface area contributed by atoms with Crippen LogP contribution in [0.4, 0.5) is 4.79 Å². The van der Waals surface area contributed by atoms with Crippen molar-refractivity contribution in [3.63, 3.8) is 0 Å². The summed E-state index contributed by atoms with van der Waals surface area (Å²) < 4.78 is 11.0. The SMILES string of the molecule is C[C@H](OC(=O)c1oc2ccccc2c1CSC1CCCCC1)C(=O)NC(N)=O. The minimum atomic E-state index is -1.17. The van der Waals surface area contributed by atoms with Gasteiger partial charge in [-0.1, -0.05) is 37.5 Å². The highest BCUT2D eigenvalue weighted by molar-refractivity contribution is 7.99. The highest BCUT2D eigenvalue weighted by atomic mass is 32.2. The second-order valence-electron chi connectivity index (χ2n) is 6.88. The second kappa shape index (κ2) is 9.14. The normalized spacial score (nSPS) is 15.9. The molecule has 150 valence electrons. The number of carbonyl (C=O) groups is 3. The lowest BCUT2D eigenvalue weighted by atomic mass is 10.0. The number of urea groups is 1. The molecule has 0 unspecified atom stereocenters. The maximum Gasteiger partial charge on any atom is 0.375 e. The molecule has 7 nitrogen and oxygen atoms in total. The Bertz CT molecular complexity index is 873. The molecule has 1 heterocycles. The minimum absolute atomic E-state index is 0.100. The largest absolute Gasteiger partial charge is 0.449 e. The fraction of sp³-hybridized carbons (Fsp3) is 0.450. The summed E-state index contributed by atoms with van der Waals surface area (Å²) in [5.74, 6) is -0.783. The van der Waals surface area contributed by atoms with E-state index in [-0.39, 0.29) is 5.76 Å². The van der Waals surface area contributed by atoms with E-state index in [1.54, 1.807) is 6.07 Å². The molecule has 0 aliphatic heterocycles. The van der Waals surface area contributed by atoms with Crippen molar-refractivity contribution in [3.8, 4) is 0 Å². The van der Waals surface area contributed by atoms with E-state index in [1.165, 1.54) is 39.0 Å². The van der Waals surface area contributed by atoms with Crippen molar-refractivity contribution in [1.82, 2.24) is 5.32 Å². The molecule has 3 N–H and O–H groups in total. The number of fused-ring (bicyclic) bond motifs is 1. The maximum atomic E-state index is 12.7. The molecule has 1 aromatic carbocycles. The summed E-state index contributed by atoms with van der Waals surface area (Å²) in [5.41, 5.74) is 6.30. The van der Waals surface area contributed by atoms with Crippen molar-refractivity contribution < 1.29 is 23.5 Å². The summed E-state index contributed by atoms with van der Waals surface area (Å²) in [6, 6.07) is 6.44. The smallest absolute Gasteiger partial charge is 0.375 e. The van der Waals surface area contributed by atoms with Crippen molar-refractivity contribution in [1.29, 1.82) is 0 Å². The van der Waals surface area contributed by atoms with Crippen LogP contribution in [-0.2, 0) is 15.3 Å². The first-order chi connectivity index (χ1) is 13.5. The lowest BCUT2D eigenvalue weighted by Crippen LogP contribution is -2.42. The number of para-hydroxylation sites is 1. The quantitative estimate of drug-likeness (QED) is 0.710. The van der Waals surface area contributed by atoms with Gasteiger partial charge in [0.1, 0.15) is 5.58 Å². The van der Waals surface area contributed by atoms with E-state index in [1.807, 2.05) is 35.3 Å². The number of nitrogens with two attached hydrogens (primary N) is 1. The van der Waals surface area contributed by atoms with Crippen LogP contribution in [0.25, 0.3) is 11.0 Å². The van der Waals surface area contributed by atoms with Gasteiger partial charge in [0.15, 0.2) is 6.10 Å². The van der Waals surface area contributed by atoms with Gasteiger partial charge < -0.3 is 14.9 Å². The van der Waals surface area contributed by atoms with Crippen molar-refractivity contribution in [2.45, 2.75) is 56.1 Å². The Kier molecular flexibility index (Phi) is 6.61. The number of benzene rings is 1. The molecule has 1 aliphatic carbocycles. The van der Waals surface area contributed by atoms with E-state index in [2.05, 4.69) is 0 Å². The van der Waals surface area contributed by atoms with E-state index in [0.29, 0.717) is 16.6 Å². The van der Waals surface area contributed by atoms with Crippen LogP contribution in [0.1, 0.15) is 55.1 Å². The molecule has 3 rings (SSSR count). The summed E-state index contributed by atoms with van der Waals surface area (Å²) >= 11 is 1.83. The van der Waals surface area contributed by atoms with Crippen molar-refractivity contribution in [3.05, 3.63) is 35.6 Å². The zero-order valence-corrected chi connectivity index (χ0v) is 16.6. The van der Waals surface area contributed by atoms with Crippen LogP contribution < -0.4 is 11.1 Å². The van der Waals surface area contributed by atoms with Crippen LogP contribution in [0, 0.1) is 0 Å². The Morgan fingerprint density at radius 2 is 1.96 bits per heavy atom. The summed E-state index contributed by atoms with van der Waals surface area (Å²) in [6.07, 6.45) is 4.96. The zero-order valence-electron chi connectivity index (χ0n) is 15.7. The van der Waals surface area contributed by atoms with Crippen molar-refractivity contribution in [2.24, 2.45) is 5.73 Å². The maximum absolute atomic E-state index is 12.7. The molecule has 28 heavy (non-hydrogen) atoms. The lowest BCUT2D eigenvalue weighted by molar-refractivity contribution is -0.127. The Balaban J connectivity index is 1.78. The Hall–Kier alpha value is -2.48. The molecule has 0 saturated heterocycles. The molecule has 0 spiro atoms. The van der Waals surface area contributed by atoms with Crippen molar-refractivity contribution in [2.75, 3.05) is 0 Å². The molecule has 1 atom stereocenters. The van der Waals surface area contributed by atoms with Gasteiger partial charge in [-0.2, -0.15) is 11.8 Å². The number of furan rings is 1. The number of imide groups is 1. The van der Waals surface area contributed by atoms with Gasteiger partial charge in [0.05, 0.1) is 0 Å². The number of thioether (sulfide) groups is 1. The number of rotatable bonds is 6. The first-order valence-electron chi connectivity index (χ1n) is 9.39. The van der Waals surface area contributed by atoms with Crippen LogP contribution >= 0.6 is 11.8 Å². The highest BCUT2D eigenvalue weighted by Crippen LogP contribution is 2.35. The van der Waals surface area contributed by atoms with Gasteiger partial charge in [0, 0.05) is 22.0 Å². The molecule has 3 amide bonds. The molecule has 0 radical (unpaired) electrons. The summed E-state index contributed by atoms with van der Waals surface area (Å²) in [7, 11) is 0. The molecular weight excluding hydrogens is 380 g/mol. The van der Waals surface area contributed by atoms with Crippen LogP contribution in [0.5, 0.6) is 0 Å². The average Bonchev–Trinajstić information content (AvgIpc) is 3.05. The second-order valence-corrected chi connectivity index (χ2v) is 8.17. The predicted octanol–water partition coefficient (Wildman–Crippen LogP) is 3.74. The number of primary amides is 1. The van der Waals surface area contributed by atoms with Crippen molar-refractivity contribution >= 4 is 40.6 Å². The number of amides is 3. The molecule has 8 heteroatoms. The van der Waals surface area contributed by atoms with Crippen LogP contribution in [0.15, 0.2) is 28.7 Å². The van der Waals surface area contributed by atoms with Crippen LogP contribution in [0.3, 0.4) is 0 Å². The Labute approximate surface area is 167 Å². The monoisotopic (exact) mass is 404 g/mol. The third-order valence-corrected chi connectivity index (χ3v) is 6.20. The van der Waals surface area contributed by atoms with E-state index in [0.717, 1.165) is 10.9 Å². The number of ether oxygens (including phenoxy) is 1. The fourth-order valence-corrected chi connectivity index (χ4v) is 4.69. The highest BCUT2D eigenvalue weighted by Gasteiger charge is 2.27. The summed E-state index contributed by atoms with van der Waals surface area (Å²) in [6.45, 7) is 1.37. The summed E-state index contributed by atoms with van der Waals surface area (Å²) in [4.78, 5) is 35.3. The van der Waals surface area contributed by atoms with Crippen LogP contribution in [0.2, 0.25) is 0 Å². The third kappa shape index (κ3) is 4.86. The molecule has 2 aromatic rings. The van der Waals surface area contributed by atoms with Crippen LogP contribution in [-0.4, -0.2) is 29.3 Å². The topological polar surface area (TPSA) is 112 Å². The van der Waals surface area contributed by atoms with Gasteiger partial charge in [-0.05, 0) is 25.8 Å². The number of esters is 1. The first-order valence-corrected chi connectivity index (χ1v) is 10.4. The number of hydrogen-bond acceptors (Lipinski definition) is 6. The lowest BCUT2D eigenvalue weighted by Gasteiger charge is -2.20. The Morgan fingerprint density at radius 1 is 1.25 bits per heavy atom. The van der Waals surface area contributed by atoms with E-state index >= 15 is 0 Å². The van der Waals surface area contributed by atoms with Gasteiger partial charge in [0.25, 0.3) is 5.91 Å². The predicted molar refractivity (Wildman–Crippen MR) is 107 cm³/mol. The number of nitrogens with one attached hydrogen (secondary N) is 1. The van der Waals surface area contributed by atoms with E-state index < -0.39 is 24.0 Å². The zero-order chi connectivity index (χ0) is 20.1.